The molecule has 0 aliphatic rings. The number of carboxylic acid groups (broad SMARTS) is 1. The van der Waals surface area contributed by atoms with Crippen molar-refractivity contribution >= 4 is 17.8 Å². The van der Waals surface area contributed by atoms with Crippen LogP contribution in [0.2, 0.25) is 0 Å². The van der Waals surface area contributed by atoms with Gasteiger partial charge in [0.1, 0.15) is 5.54 Å². The van der Waals surface area contributed by atoms with Crippen molar-refractivity contribution < 1.29 is 19.5 Å². The monoisotopic (exact) mass is 300 g/mol. The summed E-state index contributed by atoms with van der Waals surface area (Å²) in [7, 11) is 0. The summed E-state index contributed by atoms with van der Waals surface area (Å²) >= 11 is 0. The molecule has 2 amide bonds. The number of carboxylic acids is 1. The van der Waals surface area contributed by atoms with Gasteiger partial charge >= 0.3 is 5.97 Å². The Labute approximate surface area is 126 Å². The lowest BCUT2D eigenvalue weighted by Gasteiger charge is -2.28. The number of rotatable bonds is 8. The van der Waals surface area contributed by atoms with E-state index in [-0.39, 0.29) is 18.2 Å². The number of hydrogen-bond donors (Lipinski definition) is 3. The second kappa shape index (κ2) is 8.00. The van der Waals surface area contributed by atoms with Gasteiger partial charge in [0.25, 0.3) is 0 Å². The summed E-state index contributed by atoms with van der Waals surface area (Å²) in [4.78, 5) is 34.7. The van der Waals surface area contributed by atoms with Crippen LogP contribution in [0.15, 0.2) is 0 Å². The molecule has 0 fully saturated rings. The highest BCUT2D eigenvalue weighted by Crippen LogP contribution is 2.16. The average Bonchev–Trinajstić information content (AvgIpc) is 2.39. The van der Waals surface area contributed by atoms with Gasteiger partial charge in [0.05, 0.1) is 0 Å². The Bertz CT molecular complexity index is 382. The summed E-state index contributed by atoms with van der Waals surface area (Å²) in [5, 5.41) is 14.6. The first-order valence-electron chi connectivity index (χ1n) is 7.41. The Morgan fingerprint density at radius 3 is 1.95 bits per heavy atom. The zero-order valence-corrected chi connectivity index (χ0v) is 13.7. The maximum Gasteiger partial charge on any atom is 0.329 e. The van der Waals surface area contributed by atoms with Gasteiger partial charge in [-0.2, -0.15) is 0 Å². The van der Waals surface area contributed by atoms with Crippen LogP contribution in [0, 0.1) is 5.41 Å². The van der Waals surface area contributed by atoms with Gasteiger partial charge < -0.3 is 15.7 Å². The normalized spacial score (nSPS) is 11.9. The molecule has 6 nitrogen and oxygen atoms in total. The molecule has 0 heterocycles. The maximum absolute atomic E-state index is 11.8. The highest BCUT2D eigenvalue weighted by atomic mass is 16.4. The van der Waals surface area contributed by atoms with E-state index in [9.17, 15) is 19.5 Å². The van der Waals surface area contributed by atoms with Crippen LogP contribution in [0.4, 0.5) is 0 Å². The SMILES string of the molecule is CCC(CC)(NC(=O)CCCNC(=O)C(C)(C)C)C(=O)O. The van der Waals surface area contributed by atoms with Crippen LogP contribution in [0.1, 0.15) is 60.3 Å². The molecule has 0 bridgehead atoms. The molecule has 122 valence electrons. The minimum Gasteiger partial charge on any atom is -0.480 e. The quantitative estimate of drug-likeness (QED) is 0.594. The number of aliphatic carboxylic acids is 1. The van der Waals surface area contributed by atoms with E-state index >= 15 is 0 Å². The second-order valence-corrected chi connectivity index (χ2v) is 6.25. The molecule has 0 rings (SSSR count). The highest BCUT2D eigenvalue weighted by molar-refractivity contribution is 5.87. The molecule has 0 aliphatic carbocycles. The van der Waals surface area contributed by atoms with Crippen molar-refractivity contribution in [2.24, 2.45) is 5.41 Å². The summed E-state index contributed by atoms with van der Waals surface area (Å²) < 4.78 is 0. The molecule has 0 saturated heterocycles. The fourth-order valence-corrected chi connectivity index (χ4v) is 1.83. The molecule has 0 aromatic heterocycles. The Kier molecular flexibility index (Phi) is 7.39. The van der Waals surface area contributed by atoms with Crippen LogP contribution in [-0.4, -0.2) is 35.0 Å². The van der Waals surface area contributed by atoms with Crippen molar-refractivity contribution in [3.8, 4) is 0 Å². The van der Waals surface area contributed by atoms with E-state index in [1.165, 1.54) is 0 Å². The van der Waals surface area contributed by atoms with E-state index in [2.05, 4.69) is 10.6 Å². The summed E-state index contributed by atoms with van der Waals surface area (Å²) in [5.74, 6) is -1.38. The summed E-state index contributed by atoms with van der Waals surface area (Å²) in [6, 6.07) is 0. The molecular weight excluding hydrogens is 272 g/mol. The van der Waals surface area contributed by atoms with Crippen molar-refractivity contribution in [2.45, 2.75) is 65.8 Å². The molecule has 3 N–H and O–H groups in total. The Morgan fingerprint density at radius 1 is 1.05 bits per heavy atom. The molecule has 6 heteroatoms. The third kappa shape index (κ3) is 6.14. The number of carbonyl (C=O) groups is 3. The second-order valence-electron chi connectivity index (χ2n) is 6.25. The number of carbonyl (C=O) groups excluding carboxylic acids is 2. The van der Waals surface area contributed by atoms with Crippen molar-refractivity contribution in [1.82, 2.24) is 10.6 Å². The van der Waals surface area contributed by atoms with Gasteiger partial charge in [0.2, 0.25) is 11.8 Å². The number of amides is 2. The van der Waals surface area contributed by atoms with Gasteiger partial charge in [0.15, 0.2) is 0 Å². The minimum absolute atomic E-state index is 0.0649. The van der Waals surface area contributed by atoms with Crippen LogP contribution >= 0.6 is 0 Å². The van der Waals surface area contributed by atoms with E-state index in [4.69, 9.17) is 0 Å². The molecule has 21 heavy (non-hydrogen) atoms. The predicted molar refractivity (Wildman–Crippen MR) is 80.8 cm³/mol. The van der Waals surface area contributed by atoms with Gasteiger partial charge in [-0.15, -0.1) is 0 Å². The topological polar surface area (TPSA) is 95.5 Å². The zero-order valence-electron chi connectivity index (χ0n) is 13.7. The lowest BCUT2D eigenvalue weighted by molar-refractivity contribution is -0.148. The largest absolute Gasteiger partial charge is 0.480 e. The fourth-order valence-electron chi connectivity index (χ4n) is 1.83. The van der Waals surface area contributed by atoms with Crippen molar-refractivity contribution in [2.75, 3.05) is 6.54 Å². The Balaban J connectivity index is 4.22. The van der Waals surface area contributed by atoms with Crippen molar-refractivity contribution in [1.29, 1.82) is 0 Å². The van der Waals surface area contributed by atoms with Crippen molar-refractivity contribution in [3.05, 3.63) is 0 Å². The molecule has 0 radical (unpaired) electrons. The Hall–Kier alpha value is -1.59. The lowest BCUT2D eigenvalue weighted by atomic mass is 9.92. The van der Waals surface area contributed by atoms with Gasteiger partial charge in [-0.05, 0) is 19.3 Å². The lowest BCUT2D eigenvalue weighted by Crippen LogP contribution is -2.53. The maximum atomic E-state index is 11.8. The molecule has 0 spiro atoms. The summed E-state index contributed by atoms with van der Waals surface area (Å²) in [6.45, 7) is 9.33. The first-order chi connectivity index (χ1) is 9.59. The molecule has 0 saturated carbocycles. The molecule has 0 aromatic rings. The van der Waals surface area contributed by atoms with Crippen molar-refractivity contribution in [3.63, 3.8) is 0 Å². The molecule has 0 unspecified atom stereocenters. The van der Waals surface area contributed by atoms with Gasteiger partial charge in [-0.1, -0.05) is 34.6 Å². The zero-order chi connectivity index (χ0) is 16.7. The summed E-state index contributed by atoms with van der Waals surface area (Å²) in [5.41, 5.74) is -1.64. The smallest absolute Gasteiger partial charge is 0.329 e. The van der Waals surface area contributed by atoms with Crippen LogP contribution in [0.5, 0.6) is 0 Å². The third-order valence-corrected chi connectivity index (χ3v) is 3.54. The molecular formula is C15H28N2O4. The van der Waals surface area contributed by atoms with Crippen LogP contribution in [0.3, 0.4) is 0 Å². The average molecular weight is 300 g/mol. The predicted octanol–water partition coefficient (Wildman–Crippen LogP) is 1.69. The Morgan fingerprint density at radius 2 is 1.57 bits per heavy atom. The van der Waals surface area contributed by atoms with E-state index in [0.717, 1.165) is 0 Å². The van der Waals surface area contributed by atoms with Crippen LogP contribution < -0.4 is 10.6 Å². The number of nitrogens with one attached hydrogen (secondary N) is 2. The fraction of sp³-hybridized carbons (Fsp3) is 0.800. The first-order valence-corrected chi connectivity index (χ1v) is 7.41. The summed E-state index contributed by atoms with van der Waals surface area (Å²) in [6.07, 6.45) is 1.35. The van der Waals surface area contributed by atoms with Gasteiger partial charge in [0, 0.05) is 18.4 Å². The number of hydrogen-bond acceptors (Lipinski definition) is 3. The van der Waals surface area contributed by atoms with Crippen LogP contribution in [0.25, 0.3) is 0 Å². The molecule has 0 aliphatic heterocycles. The standard InChI is InChI=1S/C15H28N2O4/c1-6-15(7-2,13(20)21)17-11(18)9-8-10-16-12(19)14(3,4)5/h6-10H2,1-5H3,(H,16,19)(H,17,18)(H,20,21). The minimum atomic E-state index is -1.19. The van der Waals surface area contributed by atoms with E-state index < -0.39 is 16.9 Å². The van der Waals surface area contributed by atoms with E-state index in [0.29, 0.717) is 25.8 Å². The van der Waals surface area contributed by atoms with Crippen LogP contribution in [-0.2, 0) is 14.4 Å². The molecule has 0 aromatic carbocycles. The van der Waals surface area contributed by atoms with Gasteiger partial charge in [-0.3, -0.25) is 9.59 Å². The van der Waals surface area contributed by atoms with E-state index in [1.807, 2.05) is 20.8 Å². The first kappa shape index (κ1) is 19.4. The highest BCUT2D eigenvalue weighted by Gasteiger charge is 2.36. The van der Waals surface area contributed by atoms with Gasteiger partial charge in [-0.25, -0.2) is 4.79 Å². The third-order valence-electron chi connectivity index (χ3n) is 3.54. The van der Waals surface area contributed by atoms with E-state index in [1.54, 1.807) is 13.8 Å². The molecule has 0 atom stereocenters.